The molecule has 2 amide bonds. The van der Waals surface area contributed by atoms with Gasteiger partial charge < -0.3 is 25.8 Å². The van der Waals surface area contributed by atoms with E-state index < -0.39 is 18.3 Å². The summed E-state index contributed by atoms with van der Waals surface area (Å²) < 4.78 is 7.26. The van der Waals surface area contributed by atoms with Crippen molar-refractivity contribution in [3.05, 3.63) is 60.2 Å². The summed E-state index contributed by atoms with van der Waals surface area (Å²) in [6.07, 6.45) is 9.37. The van der Waals surface area contributed by atoms with Gasteiger partial charge in [-0.15, -0.1) is 0 Å². The van der Waals surface area contributed by atoms with Crippen molar-refractivity contribution in [2.24, 2.45) is 11.8 Å². The van der Waals surface area contributed by atoms with Crippen molar-refractivity contribution in [1.82, 2.24) is 20.9 Å². The maximum Gasteiger partial charge on any atom is 0.242 e. The van der Waals surface area contributed by atoms with E-state index in [0.29, 0.717) is 19.5 Å². The second kappa shape index (κ2) is 15.9. The number of alkyl halides is 1. The number of aliphatic hydroxyl groups excluding tert-OH is 1. The number of ether oxygens (including phenoxy) is 1. The molecule has 1 aromatic carbocycles. The van der Waals surface area contributed by atoms with Crippen molar-refractivity contribution in [2.45, 2.75) is 76.6 Å². The molecule has 8 nitrogen and oxygen atoms in total. The molecule has 1 heterocycles. The maximum atomic E-state index is 13.4. The Kier molecular flexibility index (Phi) is 12.9. The Hall–Kier alpha value is -1.79. The molecular formula is C30H45IN4O4. The first-order chi connectivity index (χ1) is 18.7. The molecule has 1 aliphatic carbocycles. The zero-order chi connectivity index (χ0) is 28.4. The van der Waals surface area contributed by atoms with E-state index in [9.17, 15) is 14.7 Å². The average molecular weight is 653 g/mol. The fourth-order valence-corrected chi connectivity index (χ4v) is 5.59. The number of rotatable bonds is 4. The first kappa shape index (κ1) is 31.7. The summed E-state index contributed by atoms with van der Waals surface area (Å²) in [4.78, 5) is 28.3. The smallest absolute Gasteiger partial charge is 0.242 e. The normalized spacial score (nSPS) is 32.8. The third-order valence-electron chi connectivity index (χ3n) is 7.74. The molecule has 39 heavy (non-hydrogen) atoms. The second-order valence-electron chi connectivity index (χ2n) is 10.8. The molecule has 1 aliphatic heterocycles. The summed E-state index contributed by atoms with van der Waals surface area (Å²) in [5, 5.41) is 20.9. The Labute approximate surface area is 247 Å². The molecule has 216 valence electrons. The van der Waals surface area contributed by atoms with Crippen LogP contribution in [0.25, 0.3) is 0 Å². The van der Waals surface area contributed by atoms with Crippen molar-refractivity contribution in [1.29, 1.82) is 0 Å². The molecular weight excluding hydrogens is 607 g/mol. The summed E-state index contributed by atoms with van der Waals surface area (Å²) in [7, 11) is 1.75. The van der Waals surface area contributed by atoms with Crippen molar-refractivity contribution in [3.8, 4) is 0 Å². The minimum Gasteiger partial charge on any atom is -0.377 e. The Morgan fingerprint density at radius 1 is 1.13 bits per heavy atom. The van der Waals surface area contributed by atoms with Crippen LogP contribution < -0.4 is 16.0 Å². The van der Waals surface area contributed by atoms with Crippen molar-refractivity contribution in [3.63, 3.8) is 0 Å². The predicted octanol–water partition coefficient (Wildman–Crippen LogP) is 2.81. The van der Waals surface area contributed by atoms with Gasteiger partial charge in [0.2, 0.25) is 11.8 Å². The van der Waals surface area contributed by atoms with Gasteiger partial charge in [0.25, 0.3) is 0 Å². The van der Waals surface area contributed by atoms with Gasteiger partial charge in [0.15, 0.2) is 0 Å². The minimum absolute atomic E-state index is 0.0421. The summed E-state index contributed by atoms with van der Waals surface area (Å²) >= 11 is 2.33. The van der Waals surface area contributed by atoms with Crippen LogP contribution in [0.4, 0.5) is 0 Å². The Morgan fingerprint density at radius 3 is 2.56 bits per heavy atom. The van der Waals surface area contributed by atoms with E-state index in [1.807, 2.05) is 43.3 Å². The van der Waals surface area contributed by atoms with Crippen LogP contribution >= 0.6 is 22.6 Å². The topological polar surface area (TPSA) is 103 Å². The number of carbonyl (C=O) groups is 2. The molecule has 1 aromatic rings. The van der Waals surface area contributed by atoms with Gasteiger partial charge in [0.1, 0.15) is 12.3 Å². The average Bonchev–Trinajstić information content (AvgIpc) is 2.94. The molecule has 0 aromatic heterocycles. The quantitative estimate of drug-likeness (QED) is 0.295. The van der Waals surface area contributed by atoms with Crippen LogP contribution in [0, 0.1) is 11.8 Å². The van der Waals surface area contributed by atoms with E-state index in [2.05, 4.69) is 63.7 Å². The lowest BCUT2D eigenvalue weighted by Gasteiger charge is -2.38. The molecule has 3 rings (SSSR count). The van der Waals surface area contributed by atoms with E-state index in [0.717, 1.165) is 22.8 Å². The number of hydrogen-bond acceptors (Lipinski definition) is 6. The van der Waals surface area contributed by atoms with Crippen LogP contribution in [0.5, 0.6) is 0 Å². The lowest BCUT2D eigenvalue weighted by molar-refractivity contribution is -0.135. The number of amides is 2. The van der Waals surface area contributed by atoms with Gasteiger partial charge >= 0.3 is 0 Å². The Balaban J connectivity index is 1.83. The molecule has 0 radical (unpaired) electrons. The lowest BCUT2D eigenvalue weighted by Crippen LogP contribution is -2.59. The van der Waals surface area contributed by atoms with Gasteiger partial charge in [-0.05, 0) is 45.2 Å². The fourth-order valence-electron chi connectivity index (χ4n) is 5.05. The number of nitrogens with zero attached hydrogens (tertiary/aromatic N) is 1. The third-order valence-corrected chi connectivity index (χ3v) is 9.13. The second-order valence-corrected chi connectivity index (χ2v) is 11.7. The molecule has 9 heteroatoms. The molecule has 4 N–H and O–H groups in total. The summed E-state index contributed by atoms with van der Waals surface area (Å²) in [6, 6.07) is 8.05. The van der Waals surface area contributed by atoms with Gasteiger partial charge in [-0.1, -0.05) is 84.2 Å². The van der Waals surface area contributed by atoms with Gasteiger partial charge in [-0.3, -0.25) is 14.5 Å². The number of allylic oxidation sites excluding steroid dienone is 2. The van der Waals surface area contributed by atoms with Crippen molar-refractivity contribution in [2.75, 3.05) is 24.6 Å². The number of halogens is 1. The zero-order valence-electron chi connectivity index (χ0n) is 23.6. The largest absolute Gasteiger partial charge is 0.377 e. The number of fused-ring (bicyclic) bond motifs is 1. The number of carbonyl (C=O) groups excluding carboxylic acids is 2. The molecule has 2 aliphatic rings. The van der Waals surface area contributed by atoms with E-state index in [1.165, 1.54) is 0 Å². The predicted molar refractivity (Wildman–Crippen MR) is 163 cm³/mol. The monoisotopic (exact) mass is 652 g/mol. The van der Waals surface area contributed by atoms with Crippen LogP contribution in [-0.4, -0.2) is 82.9 Å². The van der Waals surface area contributed by atoms with Crippen LogP contribution in [-0.2, 0) is 20.7 Å². The molecule has 5 unspecified atom stereocenters. The standard InChI is InChI=1S/C30H45IN4O4/c1-20(18-31)27-30(38)35(4)22(3)28(36)34-25(17-23-11-6-5-7-12-23)29(37)32-16-10-14-24-13-8-9-15-26(24)39-21(2)19-33-27/h5-9,11-13,15,20-22,24-27,30,33,38H,10,14,16-19H2,1-4H3,(H,32,37)(H,34,36)/t20?,21-,22?,24?,25?,26+,27-,30?/m0/s1. The number of benzene rings is 1. The van der Waals surface area contributed by atoms with Gasteiger partial charge in [-0.25, -0.2) is 0 Å². The molecule has 0 spiro atoms. The van der Waals surface area contributed by atoms with Gasteiger partial charge in [0, 0.05) is 29.9 Å². The third kappa shape index (κ3) is 9.38. The summed E-state index contributed by atoms with van der Waals surface area (Å²) in [6.45, 7) is 6.98. The molecule has 0 saturated carbocycles. The molecule has 8 atom stereocenters. The van der Waals surface area contributed by atoms with E-state index in [1.54, 1.807) is 18.9 Å². The van der Waals surface area contributed by atoms with Crippen LogP contribution in [0.3, 0.4) is 0 Å². The Morgan fingerprint density at radius 2 is 1.85 bits per heavy atom. The minimum atomic E-state index is -0.909. The fraction of sp³-hybridized carbons (Fsp3) is 0.600. The zero-order valence-corrected chi connectivity index (χ0v) is 25.7. The first-order valence-corrected chi connectivity index (χ1v) is 15.6. The van der Waals surface area contributed by atoms with Crippen LogP contribution in [0.2, 0.25) is 0 Å². The number of nitrogens with one attached hydrogen (secondary N) is 3. The van der Waals surface area contributed by atoms with E-state index >= 15 is 0 Å². The van der Waals surface area contributed by atoms with E-state index in [4.69, 9.17) is 4.74 Å². The Bertz CT molecular complexity index is 975. The summed E-state index contributed by atoms with van der Waals surface area (Å²) in [5.74, 6) is -0.136. The first-order valence-electron chi connectivity index (χ1n) is 14.0. The van der Waals surface area contributed by atoms with Crippen molar-refractivity contribution >= 4 is 34.4 Å². The van der Waals surface area contributed by atoms with Crippen molar-refractivity contribution < 1.29 is 19.4 Å². The van der Waals surface area contributed by atoms with Gasteiger partial charge in [-0.2, -0.15) is 0 Å². The number of aliphatic hydroxyl groups is 1. The SMILES string of the molecule is CC(CI)[C@@H]1NC[C@H](C)O[C@@H]2C=CC=CC2CCCNC(=O)C(Cc2ccccc2)NC(=O)C(C)N(C)C1O. The molecule has 1 saturated heterocycles. The van der Waals surface area contributed by atoms with Crippen LogP contribution in [0.1, 0.15) is 39.2 Å². The highest BCUT2D eigenvalue weighted by Gasteiger charge is 2.34. The maximum absolute atomic E-state index is 13.4. The molecule has 0 bridgehead atoms. The summed E-state index contributed by atoms with van der Waals surface area (Å²) in [5.41, 5.74) is 0.967. The highest BCUT2D eigenvalue weighted by atomic mass is 127. The van der Waals surface area contributed by atoms with E-state index in [-0.39, 0.29) is 41.9 Å². The number of likely N-dealkylation sites (N-methyl/N-ethyl adjacent to an activating group) is 1. The highest BCUT2D eigenvalue weighted by molar-refractivity contribution is 14.1. The number of hydrogen-bond donors (Lipinski definition) is 4. The highest BCUT2D eigenvalue weighted by Crippen LogP contribution is 2.23. The lowest BCUT2D eigenvalue weighted by atomic mass is 9.92. The molecule has 1 fully saturated rings. The van der Waals surface area contributed by atoms with Gasteiger partial charge in [0.05, 0.1) is 24.3 Å². The van der Waals surface area contributed by atoms with Crippen LogP contribution in [0.15, 0.2) is 54.6 Å².